The molecular weight excluding hydrogens is 298 g/mol. The molecule has 0 saturated heterocycles. The van der Waals surface area contributed by atoms with Crippen molar-refractivity contribution in [1.82, 2.24) is 9.97 Å². The van der Waals surface area contributed by atoms with Gasteiger partial charge in [0.25, 0.3) is 5.91 Å². The first-order valence-corrected chi connectivity index (χ1v) is 7.06. The summed E-state index contributed by atoms with van der Waals surface area (Å²) in [6, 6.07) is 17.4. The summed E-state index contributed by atoms with van der Waals surface area (Å²) in [4.78, 5) is 20.2. The van der Waals surface area contributed by atoms with Crippen LogP contribution in [-0.4, -0.2) is 15.9 Å². The molecule has 22 heavy (non-hydrogen) atoms. The lowest BCUT2D eigenvalue weighted by Crippen LogP contribution is -2.15. The summed E-state index contributed by atoms with van der Waals surface area (Å²) in [5, 5.41) is 2.92. The van der Waals surface area contributed by atoms with Gasteiger partial charge in [-0.3, -0.25) is 4.79 Å². The zero-order valence-corrected chi connectivity index (χ0v) is 12.3. The fourth-order valence-electron chi connectivity index (χ4n) is 2.12. The number of hydrogen-bond acceptors (Lipinski definition) is 3. The molecule has 1 amide bonds. The van der Waals surface area contributed by atoms with E-state index in [1.807, 2.05) is 54.6 Å². The topological polar surface area (TPSA) is 54.9 Å². The van der Waals surface area contributed by atoms with Crippen molar-refractivity contribution in [3.05, 3.63) is 77.8 Å². The summed E-state index contributed by atoms with van der Waals surface area (Å²) in [6.07, 6.45) is 2.88. The highest BCUT2D eigenvalue weighted by atomic mass is 35.5. The standard InChI is InChI=1S/C17H12ClN3O/c18-16-15(19-10-11-20-16)17(22)21-14-9-5-4-8-13(14)12-6-2-1-3-7-12/h1-11H,(H,21,22). The normalized spacial score (nSPS) is 10.2. The highest BCUT2D eigenvalue weighted by Gasteiger charge is 2.14. The quantitative estimate of drug-likeness (QED) is 0.794. The highest BCUT2D eigenvalue weighted by molar-refractivity contribution is 6.32. The van der Waals surface area contributed by atoms with Crippen LogP contribution in [0.5, 0.6) is 0 Å². The van der Waals surface area contributed by atoms with Crippen LogP contribution in [0, 0.1) is 0 Å². The second-order valence-electron chi connectivity index (χ2n) is 4.56. The molecule has 1 aromatic heterocycles. The molecule has 0 radical (unpaired) electrons. The number of benzene rings is 2. The van der Waals surface area contributed by atoms with E-state index >= 15 is 0 Å². The van der Waals surface area contributed by atoms with E-state index in [-0.39, 0.29) is 16.8 Å². The predicted molar refractivity (Wildman–Crippen MR) is 86.9 cm³/mol. The number of carbonyl (C=O) groups excluding carboxylic acids is 1. The number of nitrogens with zero attached hydrogens (tertiary/aromatic N) is 2. The number of hydrogen-bond donors (Lipinski definition) is 1. The minimum atomic E-state index is -0.388. The Bertz CT molecular complexity index is 806. The molecule has 5 heteroatoms. The van der Waals surface area contributed by atoms with Gasteiger partial charge in [-0.1, -0.05) is 60.1 Å². The number of carbonyl (C=O) groups is 1. The van der Waals surface area contributed by atoms with E-state index in [1.54, 1.807) is 0 Å². The molecule has 1 heterocycles. The number of rotatable bonds is 3. The number of amides is 1. The number of para-hydroxylation sites is 1. The molecular formula is C17H12ClN3O. The molecule has 3 aromatic rings. The molecule has 0 saturated carbocycles. The minimum Gasteiger partial charge on any atom is -0.320 e. The predicted octanol–water partition coefficient (Wildman–Crippen LogP) is 4.05. The van der Waals surface area contributed by atoms with Gasteiger partial charge in [0.2, 0.25) is 0 Å². The molecule has 4 nitrogen and oxygen atoms in total. The SMILES string of the molecule is O=C(Nc1ccccc1-c1ccccc1)c1nccnc1Cl. The van der Waals surface area contributed by atoms with Crippen molar-refractivity contribution in [3.63, 3.8) is 0 Å². The maximum atomic E-state index is 12.3. The Balaban J connectivity index is 1.94. The smallest absolute Gasteiger partial charge is 0.277 e. The Morgan fingerprint density at radius 1 is 0.909 bits per heavy atom. The van der Waals surface area contributed by atoms with Crippen molar-refractivity contribution in [2.45, 2.75) is 0 Å². The number of aromatic nitrogens is 2. The van der Waals surface area contributed by atoms with Crippen LogP contribution in [0.1, 0.15) is 10.5 Å². The van der Waals surface area contributed by atoms with E-state index < -0.39 is 0 Å². The molecule has 108 valence electrons. The molecule has 3 rings (SSSR count). The van der Waals surface area contributed by atoms with Crippen LogP contribution >= 0.6 is 11.6 Å². The van der Waals surface area contributed by atoms with Crippen LogP contribution in [0.25, 0.3) is 11.1 Å². The van der Waals surface area contributed by atoms with E-state index in [2.05, 4.69) is 15.3 Å². The lowest BCUT2D eigenvalue weighted by Gasteiger charge is -2.11. The van der Waals surface area contributed by atoms with Crippen molar-refractivity contribution in [2.24, 2.45) is 0 Å². The van der Waals surface area contributed by atoms with Crippen LogP contribution in [0.15, 0.2) is 67.0 Å². The average Bonchev–Trinajstić information content (AvgIpc) is 2.56. The Hall–Kier alpha value is -2.72. The van der Waals surface area contributed by atoms with Gasteiger partial charge in [-0.2, -0.15) is 0 Å². The molecule has 0 aliphatic carbocycles. The molecule has 1 N–H and O–H groups in total. The lowest BCUT2D eigenvalue weighted by molar-refractivity contribution is 0.102. The van der Waals surface area contributed by atoms with Gasteiger partial charge >= 0.3 is 0 Å². The van der Waals surface area contributed by atoms with Crippen LogP contribution in [0.3, 0.4) is 0 Å². The van der Waals surface area contributed by atoms with Crippen molar-refractivity contribution in [1.29, 1.82) is 0 Å². The van der Waals surface area contributed by atoms with Crippen LogP contribution in [-0.2, 0) is 0 Å². The van der Waals surface area contributed by atoms with Crippen molar-refractivity contribution in [2.75, 3.05) is 5.32 Å². The first-order chi connectivity index (χ1) is 10.8. The summed E-state index contributed by atoms with van der Waals surface area (Å²) in [7, 11) is 0. The zero-order valence-electron chi connectivity index (χ0n) is 11.5. The number of anilines is 1. The third kappa shape index (κ3) is 2.97. The first kappa shape index (κ1) is 14.2. The molecule has 0 fully saturated rings. The lowest BCUT2D eigenvalue weighted by atomic mass is 10.0. The van der Waals surface area contributed by atoms with Gasteiger partial charge in [0.1, 0.15) is 0 Å². The van der Waals surface area contributed by atoms with Crippen molar-refractivity contribution >= 4 is 23.2 Å². The number of nitrogens with one attached hydrogen (secondary N) is 1. The van der Waals surface area contributed by atoms with E-state index in [0.717, 1.165) is 11.1 Å². The van der Waals surface area contributed by atoms with Crippen LogP contribution in [0.4, 0.5) is 5.69 Å². The Labute approximate surface area is 132 Å². The van der Waals surface area contributed by atoms with Crippen molar-refractivity contribution in [3.8, 4) is 11.1 Å². The van der Waals surface area contributed by atoms with Crippen LogP contribution in [0.2, 0.25) is 5.15 Å². The fraction of sp³-hybridized carbons (Fsp3) is 0. The molecule has 0 unspecified atom stereocenters. The van der Waals surface area contributed by atoms with Gasteiger partial charge in [-0.05, 0) is 11.6 Å². The van der Waals surface area contributed by atoms with E-state index in [4.69, 9.17) is 11.6 Å². The van der Waals surface area contributed by atoms with E-state index in [9.17, 15) is 4.79 Å². The third-order valence-corrected chi connectivity index (χ3v) is 3.41. The molecule has 2 aromatic carbocycles. The monoisotopic (exact) mass is 309 g/mol. The minimum absolute atomic E-state index is 0.0807. The van der Waals surface area contributed by atoms with Gasteiger partial charge in [0.15, 0.2) is 10.8 Å². The molecule has 0 aliphatic rings. The first-order valence-electron chi connectivity index (χ1n) is 6.68. The Kier molecular flexibility index (Phi) is 4.12. The summed E-state index contributed by atoms with van der Waals surface area (Å²) >= 11 is 5.91. The van der Waals surface area contributed by atoms with Gasteiger partial charge in [0.05, 0.1) is 0 Å². The van der Waals surface area contributed by atoms with Gasteiger partial charge in [-0.25, -0.2) is 9.97 Å². The molecule has 0 spiro atoms. The summed E-state index contributed by atoms with van der Waals surface area (Å²) in [6.45, 7) is 0. The second kappa shape index (κ2) is 6.37. The maximum absolute atomic E-state index is 12.3. The average molecular weight is 310 g/mol. The van der Waals surface area contributed by atoms with Crippen LogP contribution < -0.4 is 5.32 Å². The fourth-order valence-corrected chi connectivity index (χ4v) is 2.31. The maximum Gasteiger partial charge on any atom is 0.277 e. The summed E-state index contributed by atoms with van der Waals surface area (Å²) in [5.41, 5.74) is 2.74. The Morgan fingerprint density at radius 3 is 2.36 bits per heavy atom. The zero-order chi connectivity index (χ0) is 15.4. The molecule has 0 aliphatic heterocycles. The number of halogens is 1. The van der Waals surface area contributed by atoms with Gasteiger partial charge in [-0.15, -0.1) is 0 Å². The van der Waals surface area contributed by atoms with E-state index in [0.29, 0.717) is 5.69 Å². The summed E-state index contributed by atoms with van der Waals surface area (Å²) in [5.74, 6) is -0.388. The third-order valence-electron chi connectivity index (χ3n) is 3.13. The molecule has 0 atom stereocenters. The van der Waals surface area contributed by atoms with Gasteiger partial charge in [0, 0.05) is 23.6 Å². The largest absolute Gasteiger partial charge is 0.320 e. The second-order valence-corrected chi connectivity index (χ2v) is 4.92. The van der Waals surface area contributed by atoms with Gasteiger partial charge < -0.3 is 5.32 Å². The Morgan fingerprint density at radius 2 is 1.59 bits per heavy atom. The molecule has 0 bridgehead atoms. The van der Waals surface area contributed by atoms with Crippen molar-refractivity contribution < 1.29 is 4.79 Å². The highest BCUT2D eigenvalue weighted by Crippen LogP contribution is 2.28. The van der Waals surface area contributed by atoms with E-state index in [1.165, 1.54) is 12.4 Å². The summed E-state index contributed by atoms with van der Waals surface area (Å²) < 4.78 is 0.